The number of nitrogens with one attached hydrogen (secondary N) is 1. The Kier molecular flexibility index (Phi) is 3.75. The van der Waals surface area contributed by atoms with Gasteiger partial charge in [0.2, 0.25) is 0 Å². The lowest BCUT2D eigenvalue weighted by atomic mass is 10.2. The van der Waals surface area contributed by atoms with Gasteiger partial charge in [-0.2, -0.15) is 15.2 Å². The number of amides is 1. The van der Waals surface area contributed by atoms with E-state index in [1.54, 1.807) is 4.68 Å². The normalized spacial score (nSPS) is 10.9. The van der Waals surface area contributed by atoms with E-state index in [0.29, 0.717) is 22.8 Å². The van der Waals surface area contributed by atoms with Gasteiger partial charge in [0.25, 0.3) is 5.91 Å². The van der Waals surface area contributed by atoms with E-state index < -0.39 is 5.91 Å². The van der Waals surface area contributed by atoms with Crippen molar-refractivity contribution in [3.05, 3.63) is 40.8 Å². The molecule has 118 valence electrons. The molecule has 0 saturated heterocycles. The highest BCUT2D eigenvalue weighted by Crippen LogP contribution is 2.24. The molecule has 9 heteroatoms. The number of hydrogen-bond acceptors (Lipinski definition) is 3. The number of H-pyrrole nitrogens is 1. The molecule has 1 aromatic carbocycles. The van der Waals surface area contributed by atoms with Crippen LogP contribution in [0.2, 0.25) is 5.15 Å². The number of fused-ring (bicyclic) bond motifs is 1. The smallest absolute Gasteiger partial charge is 0.283 e. The predicted octanol–water partition coefficient (Wildman–Crippen LogP) is 1.38. The maximum atomic E-state index is 12.1. The summed E-state index contributed by atoms with van der Waals surface area (Å²) >= 11 is 6.07. The van der Waals surface area contributed by atoms with E-state index in [0.717, 1.165) is 16.6 Å². The maximum absolute atomic E-state index is 12.1. The molecule has 0 saturated carbocycles. The highest BCUT2D eigenvalue weighted by atomic mass is 35.5. The second-order valence-electron chi connectivity index (χ2n) is 4.85. The Bertz CT molecular complexity index is 920. The lowest BCUT2D eigenvalue weighted by Gasteiger charge is -2.07. The first-order chi connectivity index (χ1) is 11.0. The van der Waals surface area contributed by atoms with Gasteiger partial charge in [-0.25, -0.2) is 4.68 Å². The van der Waals surface area contributed by atoms with Crippen LogP contribution in [0.3, 0.4) is 0 Å². The zero-order chi connectivity index (χ0) is 16.6. The molecule has 0 bridgehead atoms. The Morgan fingerprint density at radius 2 is 2.22 bits per heavy atom. The molecule has 23 heavy (non-hydrogen) atoms. The number of aromatic amines is 1. The lowest BCUT2D eigenvalue weighted by Crippen LogP contribution is -2.24. The Morgan fingerprint density at radius 1 is 1.43 bits per heavy atom. The SMILES string of the molecule is CCc1c(C(=O)N=C(N)N)cnn1-c1ccc2n[nH]c(Cl)c2c1. The molecule has 2 aromatic heterocycles. The van der Waals surface area contributed by atoms with Crippen molar-refractivity contribution in [2.45, 2.75) is 13.3 Å². The topological polar surface area (TPSA) is 128 Å². The molecule has 0 spiro atoms. The Hall–Kier alpha value is -2.87. The van der Waals surface area contributed by atoms with Gasteiger partial charge < -0.3 is 11.5 Å². The average molecular weight is 332 g/mol. The summed E-state index contributed by atoms with van der Waals surface area (Å²) in [5.74, 6) is -0.799. The van der Waals surface area contributed by atoms with Crippen LogP contribution in [0.25, 0.3) is 16.6 Å². The summed E-state index contributed by atoms with van der Waals surface area (Å²) in [6, 6.07) is 5.52. The number of aliphatic imine (C=N–C) groups is 1. The molecule has 5 N–H and O–H groups in total. The molecule has 0 unspecified atom stereocenters. The van der Waals surface area contributed by atoms with Gasteiger partial charge in [-0.15, -0.1) is 0 Å². The molecule has 0 aliphatic rings. The van der Waals surface area contributed by atoms with Gasteiger partial charge in [0, 0.05) is 5.39 Å². The van der Waals surface area contributed by atoms with E-state index in [4.69, 9.17) is 23.1 Å². The molecule has 2 heterocycles. The zero-order valence-corrected chi connectivity index (χ0v) is 13.0. The highest BCUT2D eigenvalue weighted by Gasteiger charge is 2.17. The molecule has 0 atom stereocenters. The molecule has 3 aromatic rings. The summed E-state index contributed by atoms with van der Waals surface area (Å²) in [6.45, 7) is 1.92. The van der Waals surface area contributed by atoms with Crippen molar-refractivity contribution in [3.8, 4) is 5.69 Å². The van der Waals surface area contributed by atoms with Crippen molar-refractivity contribution in [1.82, 2.24) is 20.0 Å². The summed E-state index contributed by atoms with van der Waals surface area (Å²) in [5.41, 5.74) is 13.1. The summed E-state index contributed by atoms with van der Waals surface area (Å²) in [7, 11) is 0. The fourth-order valence-corrected chi connectivity index (χ4v) is 2.58. The minimum Gasteiger partial charge on any atom is -0.370 e. The zero-order valence-electron chi connectivity index (χ0n) is 12.2. The molecular formula is C14H14ClN7O. The molecule has 0 fully saturated rings. The van der Waals surface area contributed by atoms with Gasteiger partial charge in [0.1, 0.15) is 5.15 Å². The van der Waals surface area contributed by atoms with E-state index in [-0.39, 0.29) is 5.96 Å². The number of carbonyl (C=O) groups is 1. The van der Waals surface area contributed by atoms with Gasteiger partial charge in [-0.3, -0.25) is 9.89 Å². The van der Waals surface area contributed by atoms with Crippen molar-refractivity contribution in [2.75, 3.05) is 0 Å². The quantitative estimate of drug-likeness (QED) is 0.493. The number of benzene rings is 1. The second kappa shape index (κ2) is 5.73. The molecule has 0 aliphatic heterocycles. The van der Waals surface area contributed by atoms with E-state index >= 15 is 0 Å². The van der Waals surface area contributed by atoms with Gasteiger partial charge in [-0.05, 0) is 24.6 Å². The van der Waals surface area contributed by atoms with Gasteiger partial charge in [0.05, 0.1) is 28.7 Å². The van der Waals surface area contributed by atoms with Crippen LogP contribution in [0.4, 0.5) is 0 Å². The number of guanidine groups is 1. The van der Waals surface area contributed by atoms with Crippen molar-refractivity contribution < 1.29 is 4.79 Å². The number of aromatic nitrogens is 4. The second-order valence-corrected chi connectivity index (χ2v) is 5.23. The molecule has 1 amide bonds. The first-order valence-corrected chi connectivity index (χ1v) is 7.24. The van der Waals surface area contributed by atoms with Crippen LogP contribution >= 0.6 is 11.6 Å². The molecule has 0 radical (unpaired) electrons. The summed E-state index contributed by atoms with van der Waals surface area (Å²) in [6.07, 6.45) is 2.03. The maximum Gasteiger partial charge on any atom is 0.283 e. The molecular weight excluding hydrogens is 318 g/mol. The van der Waals surface area contributed by atoms with Crippen molar-refractivity contribution in [1.29, 1.82) is 0 Å². The molecule has 8 nitrogen and oxygen atoms in total. The van der Waals surface area contributed by atoms with E-state index in [2.05, 4.69) is 20.3 Å². The third kappa shape index (κ3) is 2.64. The highest BCUT2D eigenvalue weighted by molar-refractivity contribution is 6.34. The van der Waals surface area contributed by atoms with E-state index in [1.165, 1.54) is 6.20 Å². The van der Waals surface area contributed by atoms with Crippen LogP contribution < -0.4 is 11.5 Å². The Balaban J connectivity index is 2.11. The van der Waals surface area contributed by atoms with E-state index in [1.807, 2.05) is 25.1 Å². The van der Waals surface area contributed by atoms with Crippen LogP contribution in [0.1, 0.15) is 23.0 Å². The van der Waals surface area contributed by atoms with Crippen molar-refractivity contribution in [2.24, 2.45) is 16.5 Å². The van der Waals surface area contributed by atoms with Gasteiger partial charge in [-0.1, -0.05) is 18.5 Å². The van der Waals surface area contributed by atoms with Crippen molar-refractivity contribution >= 4 is 34.4 Å². The van der Waals surface area contributed by atoms with Crippen molar-refractivity contribution in [3.63, 3.8) is 0 Å². The number of nitrogens with zero attached hydrogens (tertiary/aromatic N) is 4. The average Bonchev–Trinajstić information content (AvgIpc) is 3.10. The number of carbonyl (C=O) groups excluding carboxylic acids is 1. The summed E-state index contributed by atoms with van der Waals surface area (Å²) in [4.78, 5) is 15.6. The van der Waals surface area contributed by atoms with E-state index in [9.17, 15) is 4.79 Å². The third-order valence-corrected chi connectivity index (χ3v) is 3.69. The fraction of sp³-hybridized carbons (Fsp3) is 0.143. The van der Waals surface area contributed by atoms with Crippen LogP contribution in [0, 0.1) is 0 Å². The minimum absolute atomic E-state index is 0.281. The first kappa shape index (κ1) is 15.0. The first-order valence-electron chi connectivity index (χ1n) is 6.86. The van der Waals surface area contributed by atoms with Gasteiger partial charge in [0.15, 0.2) is 5.96 Å². The summed E-state index contributed by atoms with van der Waals surface area (Å²) in [5, 5.41) is 12.3. The monoisotopic (exact) mass is 331 g/mol. The Labute approximate surface area is 136 Å². The van der Waals surface area contributed by atoms with Crippen LogP contribution in [-0.4, -0.2) is 31.8 Å². The van der Waals surface area contributed by atoms with Crippen LogP contribution in [-0.2, 0) is 6.42 Å². The summed E-state index contributed by atoms with van der Waals surface area (Å²) < 4.78 is 1.66. The number of rotatable bonds is 3. The fourth-order valence-electron chi connectivity index (χ4n) is 2.39. The third-order valence-electron chi connectivity index (χ3n) is 3.40. The van der Waals surface area contributed by atoms with Crippen LogP contribution in [0.5, 0.6) is 0 Å². The van der Waals surface area contributed by atoms with Crippen LogP contribution in [0.15, 0.2) is 29.4 Å². The number of halogens is 1. The number of nitrogens with two attached hydrogens (primary N) is 2. The Morgan fingerprint density at radius 3 is 2.91 bits per heavy atom. The lowest BCUT2D eigenvalue weighted by molar-refractivity contribution is 0.100. The molecule has 0 aliphatic carbocycles. The predicted molar refractivity (Wildman–Crippen MR) is 87.7 cm³/mol. The standard InChI is InChI=1S/C14H14ClN7O/c1-2-11-9(13(23)19-14(16)17)6-18-22(11)7-3-4-10-8(5-7)12(15)21-20-10/h3-6H,2H2,1H3,(H,20,21)(H4,16,17,19,23). The van der Waals surface area contributed by atoms with Gasteiger partial charge >= 0.3 is 0 Å². The minimum atomic E-state index is -0.518. The molecule has 3 rings (SSSR count). The largest absolute Gasteiger partial charge is 0.370 e. The number of hydrogen-bond donors (Lipinski definition) is 3.